The zero-order valence-electron chi connectivity index (χ0n) is 10.1. The monoisotopic (exact) mass is 248 g/mol. The van der Waals surface area contributed by atoms with Gasteiger partial charge in [-0.15, -0.1) is 0 Å². The molecule has 0 aromatic heterocycles. The molecule has 0 amide bonds. The molecule has 0 radical (unpaired) electrons. The molecule has 0 N–H and O–H groups in total. The fraction of sp³-hybridized carbons (Fsp3) is 0.900. The predicted octanol–water partition coefficient (Wildman–Crippen LogP) is 0.482. The third kappa shape index (κ3) is 2.81. The SMILES string of the molecule is CC(C)N(C)S(=O)(=O)N1CCC(C=O)CC1. The van der Waals surface area contributed by atoms with Crippen molar-refractivity contribution in [3.8, 4) is 0 Å². The molecule has 0 atom stereocenters. The summed E-state index contributed by atoms with van der Waals surface area (Å²) in [6.07, 6.45) is 2.19. The van der Waals surface area contributed by atoms with Gasteiger partial charge < -0.3 is 4.79 Å². The molecule has 5 nitrogen and oxygen atoms in total. The summed E-state index contributed by atoms with van der Waals surface area (Å²) in [6, 6.07) is -0.0474. The molecule has 1 heterocycles. The van der Waals surface area contributed by atoms with Gasteiger partial charge in [0.1, 0.15) is 6.29 Å². The van der Waals surface area contributed by atoms with Gasteiger partial charge in [-0.3, -0.25) is 0 Å². The van der Waals surface area contributed by atoms with Crippen LogP contribution in [0.5, 0.6) is 0 Å². The van der Waals surface area contributed by atoms with Crippen LogP contribution < -0.4 is 0 Å². The van der Waals surface area contributed by atoms with Crippen molar-refractivity contribution in [3.63, 3.8) is 0 Å². The lowest BCUT2D eigenvalue weighted by Crippen LogP contribution is -2.47. The van der Waals surface area contributed by atoms with E-state index in [1.165, 1.54) is 8.61 Å². The topological polar surface area (TPSA) is 57.7 Å². The van der Waals surface area contributed by atoms with Crippen molar-refractivity contribution in [3.05, 3.63) is 0 Å². The highest BCUT2D eigenvalue weighted by atomic mass is 32.2. The first kappa shape index (κ1) is 13.6. The van der Waals surface area contributed by atoms with Crippen LogP contribution in [-0.4, -0.2) is 49.5 Å². The molecule has 0 spiro atoms. The summed E-state index contributed by atoms with van der Waals surface area (Å²) in [6.45, 7) is 4.58. The van der Waals surface area contributed by atoms with Gasteiger partial charge in [0.05, 0.1) is 0 Å². The Bertz CT molecular complexity index is 332. The Balaban J connectivity index is 2.68. The van der Waals surface area contributed by atoms with E-state index >= 15 is 0 Å². The van der Waals surface area contributed by atoms with E-state index in [1.54, 1.807) is 7.05 Å². The van der Waals surface area contributed by atoms with Crippen molar-refractivity contribution in [2.45, 2.75) is 32.7 Å². The maximum absolute atomic E-state index is 12.1. The van der Waals surface area contributed by atoms with Gasteiger partial charge in [0.2, 0.25) is 0 Å². The smallest absolute Gasteiger partial charge is 0.281 e. The molecule has 6 heteroatoms. The zero-order valence-corrected chi connectivity index (χ0v) is 10.9. The molecule has 0 saturated carbocycles. The molecule has 1 fully saturated rings. The molecule has 1 aliphatic heterocycles. The second kappa shape index (κ2) is 5.25. The molecule has 0 unspecified atom stereocenters. The fourth-order valence-electron chi connectivity index (χ4n) is 1.69. The standard InChI is InChI=1S/C10H20N2O3S/c1-9(2)11(3)16(14,15)12-6-4-10(8-13)5-7-12/h8-10H,4-7H2,1-3H3. The van der Waals surface area contributed by atoms with Crippen LogP contribution in [0.25, 0.3) is 0 Å². The lowest BCUT2D eigenvalue weighted by Gasteiger charge is -2.33. The molecule has 1 rings (SSSR count). The molecule has 1 aliphatic rings. The van der Waals surface area contributed by atoms with Crippen LogP contribution in [0.3, 0.4) is 0 Å². The van der Waals surface area contributed by atoms with Crippen LogP contribution in [0, 0.1) is 5.92 Å². The van der Waals surface area contributed by atoms with Crippen LogP contribution >= 0.6 is 0 Å². The molecule has 0 aromatic rings. The minimum Gasteiger partial charge on any atom is -0.303 e. The van der Waals surface area contributed by atoms with Gasteiger partial charge in [0.25, 0.3) is 10.2 Å². The number of hydrogen-bond acceptors (Lipinski definition) is 3. The van der Waals surface area contributed by atoms with Crippen molar-refractivity contribution < 1.29 is 13.2 Å². The number of aldehydes is 1. The van der Waals surface area contributed by atoms with E-state index in [0.717, 1.165) is 6.29 Å². The molecule has 16 heavy (non-hydrogen) atoms. The van der Waals surface area contributed by atoms with Gasteiger partial charge in [-0.05, 0) is 26.7 Å². The summed E-state index contributed by atoms with van der Waals surface area (Å²) in [5.41, 5.74) is 0. The summed E-state index contributed by atoms with van der Waals surface area (Å²) in [7, 11) is -1.75. The maximum atomic E-state index is 12.1. The average molecular weight is 248 g/mol. The van der Waals surface area contributed by atoms with Crippen molar-refractivity contribution >= 4 is 16.5 Å². The van der Waals surface area contributed by atoms with Crippen molar-refractivity contribution in [1.29, 1.82) is 0 Å². The number of rotatable bonds is 4. The summed E-state index contributed by atoms with van der Waals surface area (Å²) < 4.78 is 27.0. The summed E-state index contributed by atoms with van der Waals surface area (Å²) in [4.78, 5) is 10.6. The minimum absolute atomic E-state index is 0.0239. The first-order chi connectivity index (χ1) is 7.39. The number of piperidine rings is 1. The second-order valence-electron chi connectivity index (χ2n) is 4.49. The Kier molecular flexibility index (Phi) is 4.46. The Morgan fingerprint density at radius 2 is 1.81 bits per heavy atom. The third-order valence-electron chi connectivity index (χ3n) is 3.11. The Morgan fingerprint density at radius 1 is 1.31 bits per heavy atom. The quantitative estimate of drug-likeness (QED) is 0.680. The Hall–Kier alpha value is -0.460. The molecule has 0 aliphatic carbocycles. The summed E-state index contributed by atoms with van der Waals surface area (Å²) in [5, 5.41) is 0. The summed E-state index contributed by atoms with van der Waals surface area (Å²) >= 11 is 0. The van der Waals surface area contributed by atoms with Gasteiger partial charge in [0.15, 0.2) is 0 Å². The number of hydrogen-bond donors (Lipinski definition) is 0. The Morgan fingerprint density at radius 3 is 2.19 bits per heavy atom. The lowest BCUT2D eigenvalue weighted by molar-refractivity contribution is -0.112. The van der Waals surface area contributed by atoms with Gasteiger partial charge >= 0.3 is 0 Å². The van der Waals surface area contributed by atoms with Crippen molar-refractivity contribution in [2.24, 2.45) is 5.92 Å². The van der Waals surface area contributed by atoms with Crippen LogP contribution in [0.2, 0.25) is 0 Å². The summed E-state index contributed by atoms with van der Waals surface area (Å²) in [5.74, 6) is 0.0239. The molecule has 0 aromatic carbocycles. The third-order valence-corrected chi connectivity index (χ3v) is 5.28. The van der Waals surface area contributed by atoms with Gasteiger partial charge in [-0.2, -0.15) is 17.0 Å². The first-order valence-electron chi connectivity index (χ1n) is 5.58. The number of carbonyl (C=O) groups excluding carboxylic acids is 1. The van der Waals surface area contributed by atoms with E-state index in [0.29, 0.717) is 25.9 Å². The van der Waals surface area contributed by atoms with Gasteiger partial charge in [0, 0.05) is 32.1 Å². The number of carbonyl (C=O) groups is 1. The van der Waals surface area contributed by atoms with Crippen LogP contribution in [0.1, 0.15) is 26.7 Å². The highest BCUT2D eigenvalue weighted by molar-refractivity contribution is 7.86. The second-order valence-corrected chi connectivity index (χ2v) is 6.48. The molecule has 1 saturated heterocycles. The highest BCUT2D eigenvalue weighted by Gasteiger charge is 2.31. The maximum Gasteiger partial charge on any atom is 0.281 e. The van der Waals surface area contributed by atoms with Crippen LogP contribution in [-0.2, 0) is 15.0 Å². The van der Waals surface area contributed by atoms with Crippen molar-refractivity contribution in [1.82, 2.24) is 8.61 Å². The predicted molar refractivity (Wildman–Crippen MR) is 62.2 cm³/mol. The Labute approximate surface area is 97.6 Å². The number of nitrogens with zero attached hydrogens (tertiary/aromatic N) is 2. The van der Waals surface area contributed by atoms with E-state index in [9.17, 15) is 13.2 Å². The normalized spacial score (nSPS) is 20.6. The van der Waals surface area contributed by atoms with Crippen molar-refractivity contribution in [2.75, 3.05) is 20.1 Å². The fourth-order valence-corrected chi connectivity index (χ4v) is 3.26. The average Bonchev–Trinajstić information content (AvgIpc) is 2.28. The highest BCUT2D eigenvalue weighted by Crippen LogP contribution is 2.20. The van der Waals surface area contributed by atoms with E-state index < -0.39 is 10.2 Å². The van der Waals surface area contributed by atoms with E-state index in [2.05, 4.69) is 0 Å². The van der Waals surface area contributed by atoms with E-state index in [1.807, 2.05) is 13.8 Å². The largest absolute Gasteiger partial charge is 0.303 e. The lowest BCUT2D eigenvalue weighted by atomic mass is 10.0. The first-order valence-corrected chi connectivity index (χ1v) is 6.97. The molecule has 94 valence electrons. The van der Waals surface area contributed by atoms with Crippen LogP contribution in [0.4, 0.5) is 0 Å². The molecule has 0 bridgehead atoms. The van der Waals surface area contributed by atoms with E-state index in [4.69, 9.17) is 0 Å². The van der Waals surface area contributed by atoms with Gasteiger partial charge in [-0.25, -0.2) is 0 Å². The van der Waals surface area contributed by atoms with Crippen LogP contribution in [0.15, 0.2) is 0 Å². The molecular weight excluding hydrogens is 228 g/mol. The zero-order chi connectivity index (χ0) is 12.3. The molecular formula is C10H20N2O3S. The van der Waals surface area contributed by atoms with E-state index in [-0.39, 0.29) is 12.0 Å². The van der Waals surface area contributed by atoms with Gasteiger partial charge in [-0.1, -0.05) is 0 Å². The minimum atomic E-state index is -3.34.